The first kappa shape index (κ1) is 19.2. The van der Waals surface area contributed by atoms with E-state index in [1.165, 1.54) is 12.1 Å². The number of rotatable bonds is 5. The Morgan fingerprint density at radius 3 is 2.69 bits per heavy atom. The smallest absolute Gasteiger partial charge is 0.281 e. The molecule has 1 fully saturated rings. The molecule has 1 N–H and O–H groups in total. The fraction of sp³-hybridized carbons (Fsp3) is 0.0952. The molecule has 0 radical (unpaired) electrons. The maximum Gasteiger partial charge on any atom is 0.281 e. The maximum atomic E-state index is 14.1. The van der Waals surface area contributed by atoms with E-state index >= 15 is 0 Å². The van der Waals surface area contributed by atoms with E-state index in [-0.39, 0.29) is 16.5 Å². The second kappa shape index (κ2) is 8.10. The summed E-state index contributed by atoms with van der Waals surface area (Å²) < 4.78 is 19.8. The summed E-state index contributed by atoms with van der Waals surface area (Å²) in [4.78, 5) is 18.2. The number of aryl methyl sites for hydroxylation is 1. The Bertz CT molecular complexity index is 1110. The number of thiocarbonyl (C=S) groups is 1. The molecule has 1 aliphatic heterocycles. The van der Waals surface area contributed by atoms with Gasteiger partial charge in [-0.15, -0.1) is 11.3 Å². The van der Waals surface area contributed by atoms with Crippen LogP contribution in [0.5, 0.6) is 5.75 Å². The minimum atomic E-state index is -0.511. The molecule has 1 saturated heterocycles. The average Bonchev–Trinajstić information content (AvgIpc) is 3.25. The van der Waals surface area contributed by atoms with E-state index < -0.39 is 11.7 Å². The number of thiazole rings is 1. The highest BCUT2D eigenvalue weighted by Gasteiger charge is 2.33. The molecule has 146 valence electrons. The molecule has 2 heterocycles. The number of para-hydroxylation sites is 1. The van der Waals surface area contributed by atoms with E-state index in [9.17, 15) is 9.18 Å². The first-order valence-electron chi connectivity index (χ1n) is 8.77. The van der Waals surface area contributed by atoms with Crippen LogP contribution in [0.15, 0.2) is 59.6 Å². The largest absolute Gasteiger partial charge is 0.487 e. The van der Waals surface area contributed by atoms with Gasteiger partial charge in [0.05, 0.1) is 16.4 Å². The number of benzene rings is 2. The van der Waals surface area contributed by atoms with Gasteiger partial charge in [0, 0.05) is 5.38 Å². The molecular formula is C21H16FN3O2S2. The number of carbonyl (C=O) groups is 1. The monoisotopic (exact) mass is 425 g/mol. The molecule has 0 unspecified atom stereocenters. The maximum absolute atomic E-state index is 14.1. The van der Waals surface area contributed by atoms with Gasteiger partial charge in [-0.2, -0.15) is 0 Å². The van der Waals surface area contributed by atoms with Gasteiger partial charge in [-0.3, -0.25) is 4.79 Å². The fourth-order valence-electron chi connectivity index (χ4n) is 2.85. The Labute approximate surface area is 176 Å². The van der Waals surface area contributed by atoms with E-state index in [4.69, 9.17) is 17.0 Å². The molecule has 1 aromatic heterocycles. The lowest BCUT2D eigenvalue weighted by Crippen LogP contribution is -2.31. The predicted octanol–water partition coefficient (Wildman–Crippen LogP) is 4.43. The highest BCUT2D eigenvalue weighted by atomic mass is 32.1. The van der Waals surface area contributed by atoms with Crippen LogP contribution in [0.1, 0.15) is 16.3 Å². The number of nitrogens with one attached hydrogen (secondary N) is 1. The highest BCUT2D eigenvalue weighted by molar-refractivity contribution is 7.80. The van der Waals surface area contributed by atoms with Gasteiger partial charge in [0.15, 0.2) is 5.11 Å². The van der Waals surface area contributed by atoms with Crippen LogP contribution in [0, 0.1) is 12.7 Å². The van der Waals surface area contributed by atoms with Gasteiger partial charge in [-0.25, -0.2) is 14.3 Å². The van der Waals surface area contributed by atoms with Crippen LogP contribution < -0.4 is 15.0 Å². The predicted molar refractivity (Wildman–Crippen MR) is 115 cm³/mol. The summed E-state index contributed by atoms with van der Waals surface area (Å²) in [7, 11) is 0. The lowest BCUT2D eigenvalue weighted by molar-refractivity contribution is -0.113. The Morgan fingerprint density at radius 2 is 2.00 bits per heavy atom. The third-order valence-corrected chi connectivity index (χ3v) is 5.32. The Morgan fingerprint density at radius 1 is 1.24 bits per heavy atom. The SMILES string of the molecule is Cc1nc(COc2ccc(/C=C3\NC(=S)N(c4ccccc4F)C3=O)cc2)cs1. The minimum Gasteiger partial charge on any atom is -0.487 e. The molecule has 5 nitrogen and oxygen atoms in total. The van der Waals surface area contributed by atoms with Crippen molar-refractivity contribution in [1.29, 1.82) is 0 Å². The van der Waals surface area contributed by atoms with Crippen molar-refractivity contribution in [2.24, 2.45) is 0 Å². The quantitative estimate of drug-likeness (QED) is 0.484. The summed E-state index contributed by atoms with van der Waals surface area (Å²) in [6, 6.07) is 13.3. The van der Waals surface area contributed by atoms with E-state index in [1.54, 1.807) is 29.5 Å². The van der Waals surface area contributed by atoms with Crippen molar-refractivity contribution < 1.29 is 13.9 Å². The number of ether oxygens (including phenoxy) is 1. The molecule has 8 heteroatoms. The Hall–Kier alpha value is -3.10. The lowest BCUT2D eigenvalue weighted by Gasteiger charge is -2.14. The summed E-state index contributed by atoms with van der Waals surface area (Å²) in [6.45, 7) is 2.35. The second-order valence-corrected chi connectivity index (χ2v) is 7.74. The highest BCUT2D eigenvalue weighted by Crippen LogP contribution is 2.25. The summed E-state index contributed by atoms with van der Waals surface area (Å²) in [5, 5.41) is 5.97. The zero-order chi connectivity index (χ0) is 20.4. The van der Waals surface area contributed by atoms with E-state index in [0.29, 0.717) is 12.4 Å². The molecule has 0 aliphatic carbocycles. The van der Waals surface area contributed by atoms with Crippen LogP contribution in [0.25, 0.3) is 6.08 Å². The topological polar surface area (TPSA) is 54.5 Å². The molecule has 29 heavy (non-hydrogen) atoms. The molecule has 0 spiro atoms. The molecular weight excluding hydrogens is 409 g/mol. The molecule has 1 aliphatic rings. The third-order valence-electron chi connectivity index (χ3n) is 4.22. The summed E-state index contributed by atoms with van der Waals surface area (Å²) in [6.07, 6.45) is 1.67. The molecule has 2 aromatic carbocycles. The minimum absolute atomic E-state index is 0.124. The number of aromatic nitrogens is 1. The first-order chi connectivity index (χ1) is 14.0. The number of amides is 1. The van der Waals surface area contributed by atoms with Crippen LogP contribution in [0.4, 0.5) is 10.1 Å². The first-order valence-corrected chi connectivity index (χ1v) is 10.1. The normalized spacial score (nSPS) is 15.1. The number of nitrogens with zero attached hydrogens (tertiary/aromatic N) is 2. The number of halogens is 1. The number of hydrogen-bond acceptors (Lipinski definition) is 5. The van der Waals surface area contributed by atoms with Crippen molar-refractivity contribution in [2.45, 2.75) is 13.5 Å². The van der Waals surface area contributed by atoms with E-state index in [0.717, 1.165) is 21.2 Å². The van der Waals surface area contributed by atoms with Crippen LogP contribution in [-0.4, -0.2) is 16.0 Å². The van der Waals surface area contributed by atoms with Crippen molar-refractivity contribution in [3.63, 3.8) is 0 Å². The lowest BCUT2D eigenvalue weighted by atomic mass is 10.2. The van der Waals surface area contributed by atoms with Crippen molar-refractivity contribution in [1.82, 2.24) is 10.3 Å². The number of hydrogen-bond donors (Lipinski definition) is 1. The van der Waals surface area contributed by atoms with Crippen molar-refractivity contribution in [3.8, 4) is 5.75 Å². The Kier molecular flexibility index (Phi) is 5.37. The average molecular weight is 426 g/mol. The van der Waals surface area contributed by atoms with Crippen LogP contribution in [0.3, 0.4) is 0 Å². The van der Waals surface area contributed by atoms with Crippen LogP contribution in [-0.2, 0) is 11.4 Å². The standard InChI is InChI=1S/C21H16FN3O2S2/c1-13-23-15(12-29-13)11-27-16-8-6-14(7-9-16)10-18-20(26)25(21(28)24-18)19-5-3-2-4-17(19)22/h2-10,12H,11H2,1H3,(H,24,28)/b18-10-. The van der Waals surface area contributed by atoms with Gasteiger partial charge < -0.3 is 10.1 Å². The van der Waals surface area contributed by atoms with E-state index in [2.05, 4.69) is 10.3 Å². The van der Waals surface area contributed by atoms with Crippen molar-refractivity contribution in [2.75, 3.05) is 4.90 Å². The summed E-state index contributed by atoms with van der Waals surface area (Å²) in [5.41, 5.74) is 2.08. The second-order valence-electron chi connectivity index (χ2n) is 6.30. The summed E-state index contributed by atoms with van der Waals surface area (Å²) in [5.74, 6) is -0.214. The molecule has 0 bridgehead atoms. The molecule has 0 atom stereocenters. The molecule has 3 aromatic rings. The van der Waals surface area contributed by atoms with Gasteiger partial charge in [-0.05, 0) is 55.0 Å². The molecule has 0 saturated carbocycles. The van der Waals surface area contributed by atoms with Gasteiger partial charge in [-0.1, -0.05) is 24.3 Å². The zero-order valence-corrected chi connectivity index (χ0v) is 17.0. The van der Waals surface area contributed by atoms with Gasteiger partial charge in [0.2, 0.25) is 0 Å². The molecule has 4 rings (SSSR count). The Balaban J connectivity index is 1.47. The zero-order valence-electron chi connectivity index (χ0n) is 15.4. The van der Waals surface area contributed by atoms with Gasteiger partial charge in [0.25, 0.3) is 5.91 Å². The van der Waals surface area contributed by atoms with Gasteiger partial charge >= 0.3 is 0 Å². The van der Waals surface area contributed by atoms with Crippen molar-refractivity contribution >= 4 is 46.3 Å². The van der Waals surface area contributed by atoms with E-state index in [1.807, 2.05) is 36.6 Å². The van der Waals surface area contributed by atoms with Crippen molar-refractivity contribution in [3.05, 3.63) is 81.7 Å². The van der Waals surface area contributed by atoms with Crippen LogP contribution in [0.2, 0.25) is 0 Å². The molecule has 1 amide bonds. The van der Waals surface area contributed by atoms with Gasteiger partial charge in [0.1, 0.15) is 23.9 Å². The fourth-order valence-corrected chi connectivity index (χ4v) is 3.73. The number of carbonyl (C=O) groups excluding carboxylic acids is 1. The third kappa shape index (κ3) is 4.18. The number of anilines is 1. The summed E-state index contributed by atoms with van der Waals surface area (Å²) >= 11 is 6.80. The van der Waals surface area contributed by atoms with Crippen LogP contribution >= 0.6 is 23.6 Å².